The highest BCUT2D eigenvalue weighted by molar-refractivity contribution is 6.30. The molecule has 0 unspecified atom stereocenters. The van der Waals surface area contributed by atoms with E-state index in [-0.39, 0.29) is 5.91 Å². The lowest BCUT2D eigenvalue weighted by Crippen LogP contribution is -2.49. The highest BCUT2D eigenvalue weighted by Crippen LogP contribution is 2.24. The zero-order chi connectivity index (χ0) is 20.4. The number of aryl methyl sites for hydroxylation is 2. The lowest BCUT2D eigenvalue weighted by Gasteiger charge is -2.35. The maximum atomic E-state index is 12.7. The van der Waals surface area contributed by atoms with Crippen molar-refractivity contribution in [3.8, 4) is 11.3 Å². The van der Waals surface area contributed by atoms with E-state index in [1.807, 2.05) is 17.0 Å². The third kappa shape index (κ3) is 4.25. The van der Waals surface area contributed by atoms with Crippen LogP contribution in [-0.2, 0) is 0 Å². The number of halogens is 1. The molecule has 0 atom stereocenters. The predicted molar refractivity (Wildman–Crippen MR) is 117 cm³/mol. The van der Waals surface area contributed by atoms with E-state index < -0.39 is 0 Å². The zero-order valence-corrected chi connectivity index (χ0v) is 17.4. The van der Waals surface area contributed by atoms with Crippen LogP contribution in [-0.4, -0.2) is 47.2 Å². The molecule has 4 rings (SSSR count). The Morgan fingerprint density at radius 2 is 1.72 bits per heavy atom. The van der Waals surface area contributed by atoms with Crippen molar-refractivity contribution in [3.05, 3.63) is 76.3 Å². The van der Waals surface area contributed by atoms with Crippen molar-refractivity contribution < 1.29 is 4.79 Å². The van der Waals surface area contributed by atoms with Gasteiger partial charge >= 0.3 is 0 Å². The molecule has 1 saturated heterocycles. The number of carbonyl (C=O) groups is 1. The van der Waals surface area contributed by atoms with E-state index in [4.69, 9.17) is 11.6 Å². The van der Waals surface area contributed by atoms with Crippen LogP contribution in [0.5, 0.6) is 0 Å². The SMILES string of the molecule is Cc1ccc(-c2ccc(N3CCN(C(=O)c4cccc(Cl)c4)CC3)nn2)c(C)c1. The van der Waals surface area contributed by atoms with E-state index in [1.165, 1.54) is 11.1 Å². The Kier molecular flexibility index (Phi) is 5.49. The molecule has 2 heterocycles. The standard InChI is InChI=1S/C23H23ClN4O/c1-16-6-7-20(17(2)14-16)21-8-9-22(26-25-21)27-10-12-28(13-11-27)23(29)18-4-3-5-19(24)15-18/h3-9,14-15H,10-13H2,1-2H3. The van der Waals surface area contributed by atoms with Crippen molar-refractivity contribution in [1.82, 2.24) is 15.1 Å². The molecule has 0 N–H and O–H groups in total. The molecule has 2 aromatic carbocycles. The van der Waals surface area contributed by atoms with Gasteiger partial charge < -0.3 is 9.80 Å². The van der Waals surface area contributed by atoms with Crippen LogP contribution in [0.15, 0.2) is 54.6 Å². The fourth-order valence-electron chi connectivity index (χ4n) is 3.68. The number of nitrogens with zero attached hydrogens (tertiary/aromatic N) is 4. The Bertz CT molecular complexity index is 1030. The van der Waals surface area contributed by atoms with E-state index in [0.29, 0.717) is 23.7 Å². The summed E-state index contributed by atoms with van der Waals surface area (Å²) in [5.74, 6) is 0.858. The maximum Gasteiger partial charge on any atom is 0.254 e. The van der Waals surface area contributed by atoms with Gasteiger partial charge in [-0.05, 0) is 49.7 Å². The lowest BCUT2D eigenvalue weighted by molar-refractivity contribution is 0.0746. The number of aromatic nitrogens is 2. The number of piperazine rings is 1. The van der Waals surface area contributed by atoms with E-state index in [0.717, 1.165) is 30.2 Å². The summed E-state index contributed by atoms with van der Waals surface area (Å²) in [6.07, 6.45) is 0. The molecule has 1 aliphatic heterocycles. The molecule has 5 nitrogen and oxygen atoms in total. The summed E-state index contributed by atoms with van der Waals surface area (Å²) in [5.41, 5.74) is 5.04. The zero-order valence-electron chi connectivity index (χ0n) is 16.6. The summed E-state index contributed by atoms with van der Waals surface area (Å²) in [4.78, 5) is 16.7. The Labute approximate surface area is 175 Å². The van der Waals surface area contributed by atoms with Crippen LogP contribution in [0.25, 0.3) is 11.3 Å². The number of hydrogen-bond acceptors (Lipinski definition) is 4. The van der Waals surface area contributed by atoms with Crippen molar-refractivity contribution in [2.24, 2.45) is 0 Å². The van der Waals surface area contributed by atoms with E-state index in [9.17, 15) is 4.79 Å². The van der Waals surface area contributed by atoms with Crippen LogP contribution in [0, 0.1) is 13.8 Å². The molecule has 6 heteroatoms. The summed E-state index contributed by atoms with van der Waals surface area (Å²) in [7, 11) is 0. The van der Waals surface area contributed by atoms with Crippen LogP contribution >= 0.6 is 11.6 Å². The average Bonchev–Trinajstić information content (AvgIpc) is 2.74. The molecule has 1 aliphatic rings. The monoisotopic (exact) mass is 406 g/mol. The molecule has 1 amide bonds. The summed E-state index contributed by atoms with van der Waals surface area (Å²) in [6.45, 7) is 6.92. The van der Waals surface area contributed by atoms with Gasteiger partial charge in [0.2, 0.25) is 0 Å². The van der Waals surface area contributed by atoms with Crippen LogP contribution in [0.4, 0.5) is 5.82 Å². The normalized spacial score (nSPS) is 14.2. The lowest BCUT2D eigenvalue weighted by atomic mass is 10.0. The smallest absolute Gasteiger partial charge is 0.254 e. The Balaban J connectivity index is 1.41. The number of rotatable bonds is 3. The van der Waals surface area contributed by atoms with E-state index >= 15 is 0 Å². The minimum atomic E-state index is 0.0171. The first-order chi connectivity index (χ1) is 14.0. The maximum absolute atomic E-state index is 12.7. The quantitative estimate of drug-likeness (QED) is 0.647. The largest absolute Gasteiger partial charge is 0.352 e. The molecule has 0 aliphatic carbocycles. The van der Waals surface area contributed by atoms with Gasteiger partial charge in [-0.1, -0.05) is 41.4 Å². The Hall–Kier alpha value is -2.92. The Morgan fingerprint density at radius 1 is 0.931 bits per heavy atom. The van der Waals surface area contributed by atoms with Crippen LogP contribution in [0.2, 0.25) is 5.02 Å². The van der Waals surface area contributed by atoms with Crippen molar-refractivity contribution in [2.75, 3.05) is 31.1 Å². The molecular formula is C23H23ClN4O. The van der Waals surface area contributed by atoms with Gasteiger partial charge in [0.1, 0.15) is 0 Å². The molecule has 0 radical (unpaired) electrons. The van der Waals surface area contributed by atoms with Crippen LogP contribution < -0.4 is 4.90 Å². The van der Waals surface area contributed by atoms with Gasteiger partial charge in [0.15, 0.2) is 5.82 Å². The van der Waals surface area contributed by atoms with E-state index in [1.54, 1.807) is 24.3 Å². The van der Waals surface area contributed by atoms with Crippen LogP contribution in [0.1, 0.15) is 21.5 Å². The number of carbonyl (C=O) groups excluding carboxylic acids is 1. The number of anilines is 1. The third-order valence-electron chi connectivity index (χ3n) is 5.27. The van der Waals surface area contributed by atoms with Gasteiger partial charge in [-0.25, -0.2) is 0 Å². The molecule has 1 fully saturated rings. The molecule has 3 aromatic rings. The summed E-state index contributed by atoms with van der Waals surface area (Å²) >= 11 is 6.01. The number of hydrogen-bond donors (Lipinski definition) is 0. The summed E-state index contributed by atoms with van der Waals surface area (Å²) in [5, 5.41) is 9.45. The van der Waals surface area contributed by atoms with E-state index in [2.05, 4.69) is 47.1 Å². The van der Waals surface area contributed by atoms with Crippen LogP contribution in [0.3, 0.4) is 0 Å². The number of amides is 1. The first kappa shape index (κ1) is 19.4. The molecule has 0 saturated carbocycles. The fraction of sp³-hybridized carbons (Fsp3) is 0.261. The molecular weight excluding hydrogens is 384 g/mol. The second-order valence-corrected chi connectivity index (χ2v) is 7.82. The predicted octanol–water partition coefficient (Wildman–Crippen LogP) is 4.38. The van der Waals surface area contributed by atoms with Crippen molar-refractivity contribution >= 4 is 23.3 Å². The van der Waals surface area contributed by atoms with Gasteiger partial charge in [0, 0.05) is 42.3 Å². The topological polar surface area (TPSA) is 49.3 Å². The third-order valence-corrected chi connectivity index (χ3v) is 5.51. The summed E-state index contributed by atoms with van der Waals surface area (Å²) < 4.78 is 0. The second kappa shape index (κ2) is 8.21. The van der Waals surface area contributed by atoms with Gasteiger partial charge in [-0.15, -0.1) is 10.2 Å². The van der Waals surface area contributed by atoms with Gasteiger partial charge in [-0.2, -0.15) is 0 Å². The molecule has 1 aromatic heterocycles. The highest BCUT2D eigenvalue weighted by Gasteiger charge is 2.23. The van der Waals surface area contributed by atoms with Gasteiger partial charge in [0.25, 0.3) is 5.91 Å². The minimum absolute atomic E-state index is 0.0171. The Morgan fingerprint density at radius 3 is 2.38 bits per heavy atom. The number of benzene rings is 2. The fourth-order valence-corrected chi connectivity index (χ4v) is 3.87. The second-order valence-electron chi connectivity index (χ2n) is 7.38. The molecule has 148 valence electrons. The van der Waals surface area contributed by atoms with Gasteiger partial charge in [-0.3, -0.25) is 4.79 Å². The highest BCUT2D eigenvalue weighted by atomic mass is 35.5. The minimum Gasteiger partial charge on any atom is -0.352 e. The van der Waals surface area contributed by atoms with Crippen molar-refractivity contribution in [1.29, 1.82) is 0 Å². The summed E-state index contributed by atoms with van der Waals surface area (Å²) in [6, 6.07) is 17.5. The molecule has 29 heavy (non-hydrogen) atoms. The first-order valence-electron chi connectivity index (χ1n) is 9.72. The molecule has 0 bridgehead atoms. The van der Waals surface area contributed by atoms with Crippen molar-refractivity contribution in [2.45, 2.75) is 13.8 Å². The first-order valence-corrected chi connectivity index (χ1v) is 10.1. The molecule has 0 spiro atoms. The van der Waals surface area contributed by atoms with Crippen molar-refractivity contribution in [3.63, 3.8) is 0 Å². The average molecular weight is 407 g/mol. The van der Waals surface area contributed by atoms with Gasteiger partial charge in [0.05, 0.1) is 5.69 Å².